The average molecular weight is 406 g/mol. The van der Waals surface area contributed by atoms with Gasteiger partial charge in [-0.05, 0) is 31.2 Å². The van der Waals surface area contributed by atoms with Crippen LogP contribution in [0.2, 0.25) is 0 Å². The number of likely N-dealkylation sites (N-methyl/N-ethyl adjacent to an activating group) is 1. The van der Waals surface area contributed by atoms with E-state index in [0.29, 0.717) is 12.6 Å². The lowest BCUT2D eigenvalue weighted by Crippen LogP contribution is -2.47. The monoisotopic (exact) mass is 405 g/mol. The van der Waals surface area contributed by atoms with Crippen LogP contribution in [0.25, 0.3) is 0 Å². The van der Waals surface area contributed by atoms with Crippen molar-refractivity contribution < 1.29 is 17.6 Å². The zero-order valence-corrected chi connectivity index (χ0v) is 17.1. The number of amides is 1. The van der Waals surface area contributed by atoms with E-state index in [9.17, 15) is 13.2 Å². The fourth-order valence-electron chi connectivity index (χ4n) is 3.43. The van der Waals surface area contributed by atoms with Crippen molar-refractivity contribution in [3.8, 4) is 0 Å². The van der Waals surface area contributed by atoms with Crippen LogP contribution in [0.4, 0.5) is 0 Å². The van der Waals surface area contributed by atoms with Crippen molar-refractivity contribution >= 4 is 15.7 Å². The summed E-state index contributed by atoms with van der Waals surface area (Å²) in [6, 6.07) is 13.5. The zero-order chi connectivity index (χ0) is 20.1. The number of hydrogen-bond donors (Lipinski definition) is 1. The van der Waals surface area contributed by atoms with Gasteiger partial charge >= 0.3 is 0 Å². The molecule has 1 atom stereocenters. The van der Waals surface area contributed by atoms with Crippen LogP contribution in [0.3, 0.4) is 0 Å². The van der Waals surface area contributed by atoms with Crippen molar-refractivity contribution in [1.29, 1.82) is 0 Å². The van der Waals surface area contributed by atoms with Gasteiger partial charge in [-0.3, -0.25) is 9.69 Å². The van der Waals surface area contributed by atoms with E-state index in [1.165, 1.54) is 17.7 Å². The fourth-order valence-corrected chi connectivity index (χ4v) is 3.99. The lowest BCUT2D eigenvalue weighted by atomic mass is 10.0. The highest BCUT2D eigenvalue weighted by molar-refractivity contribution is 7.90. The van der Waals surface area contributed by atoms with Gasteiger partial charge in [0.2, 0.25) is 14.9 Å². The SMILES string of the molecule is CN1CCN(CCCNC(=O)c2ccc(S(C)(=O)=O)o2)C(c2ccccc2)C1. The summed E-state index contributed by atoms with van der Waals surface area (Å²) in [5.41, 5.74) is 1.31. The first-order valence-corrected chi connectivity index (χ1v) is 11.3. The summed E-state index contributed by atoms with van der Waals surface area (Å²) in [6.07, 6.45) is 1.85. The number of rotatable bonds is 7. The summed E-state index contributed by atoms with van der Waals surface area (Å²) in [5.74, 6) is -0.380. The first kappa shape index (κ1) is 20.6. The molecule has 3 rings (SSSR count). The molecule has 1 aromatic heterocycles. The highest BCUT2D eigenvalue weighted by Crippen LogP contribution is 2.24. The molecule has 8 heteroatoms. The maximum Gasteiger partial charge on any atom is 0.287 e. The second-order valence-electron chi connectivity index (χ2n) is 7.22. The predicted octanol–water partition coefficient (Wildman–Crippen LogP) is 1.79. The number of nitrogens with zero attached hydrogens (tertiary/aromatic N) is 2. The Morgan fingerprint density at radius 1 is 1.18 bits per heavy atom. The molecule has 2 aromatic rings. The highest BCUT2D eigenvalue weighted by Gasteiger charge is 2.26. The Kier molecular flexibility index (Phi) is 6.53. The van der Waals surface area contributed by atoms with E-state index in [4.69, 9.17) is 4.42 Å². The first-order chi connectivity index (χ1) is 13.3. The summed E-state index contributed by atoms with van der Waals surface area (Å²) in [6.45, 7) is 4.37. The molecule has 0 spiro atoms. The van der Waals surface area contributed by atoms with Gasteiger partial charge < -0.3 is 14.6 Å². The van der Waals surface area contributed by atoms with Crippen molar-refractivity contribution in [2.24, 2.45) is 0 Å². The van der Waals surface area contributed by atoms with Crippen LogP contribution >= 0.6 is 0 Å². The molecule has 1 unspecified atom stereocenters. The van der Waals surface area contributed by atoms with Crippen LogP contribution in [-0.2, 0) is 9.84 Å². The molecule has 28 heavy (non-hydrogen) atoms. The minimum Gasteiger partial charge on any atom is -0.440 e. The molecule has 0 bridgehead atoms. The van der Waals surface area contributed by atoms with E-state index in [0.717, 1.165) is 38.9 Å². The van der Waals surface area contributed by atoms with E-state index < -0.39 is 15.7 Å². The fraction of sp³-hybridized carbons (Fsp3) is 0.450. The van der Waals surface area contributed by atoms with Gasteiger partial charge in [0.15, 0.2) is 5.76 Å². The lowest BCUT2D eigenvalue weighted by molar-refractivity contribution is 0.0855. The third kappa shape index (κ3) is 5.21. The van der Waals surface area contributed by atoms with E-state index >= 15 is 0 Å². The molecule has 1 aliphatic rings. The summed E-state index contributed by atoms with van der Waals surface area (Å²) < 4.78 is 28.0. The number of nitrogens with one attached hydrogen (secondary N) is 1. The van der Waals surface area contributed by atoms with Crippen molar-refractivity contribution in [2.75, 3.05) is 46.0 Å². The Bertz CT molecular complexity index is 895. The molecule has 1 N–H and O–H groups in total. The molecule has 2 heterocycles. The van der Waals surface area contributed by atoms with E-state index in [1.807, 2.05) is 6.07 Å². The number of sulfone groups is 1. The van der Waals surface area contributed by atoms with Gasteiger partial charge in [-0.1, -0.05) is 30.3 Å². The summed E-state index contributed by atoms with van der Waals surface area (Å²) >= 11 is 0. The number of hydrogen-bond acceptors (Lipinski definition) is 6. The maximum atomic E-state index is 12.1. The topological polar surface area (TPSA) is 82.9 Å². The molecule has 152 valence electrons. The van der Waals surface area contributed by atoms with Crippen molar-refractivity contribution in [3.05, 3.63) is 53.8 Å². The van der Waals surface area contributed by atoms with Crippen LogP contribution in [0, 0.1) is 0 Å². The standard InChI is InChI=1S/C20H27N3O4S/c1-22-13-14-23(17(15-22)16-7-4-3-5-8-16)12-6-11-21-20(24)18-9-10-19(27-18)28(2,25)26/h3-5,7-10,17H,6,11-15H2,1-2H3,(H,21,24). The molecular weight excluding hydrogens is 378 g/mol. The largest absolute Gasteiger partial charge is 0.440 e. The van der Waals surface area contributed by atoms with Gasteiger partial charge in [0.25, 0.3) is 5.91 Å². The van der Waals surface area contributed by atoms with E-state index in [1.54, 1.807) is 0 Å². The average Bonchev–Trinajstić information content (AvgIpc) is 3.17. The number of carbonyl (C=O) groups is 1. The minimum atomic E-state index is -3.45. The van der Waals surface area contributed by atoms with Crippen molar-refractivity contribution in [3.63, 3.8) is 0 Å². The number of benzene rings is 1. The smallest absolute Gasteiger partial charge is 0.287 e. The van der Waals surface area contributed by atoms with Gasteiger partial charge in [0, 0.05) is 45.0 Å². The molecule has 0 aliphatic carbocycles. The highest BCUT2D eigenvalue weighted by atomic mass is 32.2. The van der Waals surface area contributed by atoms with E-state index in [-0.39, 0.29) is 10.9 Å². The van der Waals surface area contributed by atoms with Gasteiger partial charge in [-0.25, -0.2) is 8.42 Å². The number of piperazine rings is 1. The Hall–Kier alpha value is -2.16. The molecule has 1 fully saturated rings. The Balaban J connectivity index is 1.51. The van der Waals surface area contributed by atoms with Crippen LogP contribution in [0.15, 0.2) is 52.0 Å². The second-order valence-corrected chi connectivity index (χ2v) is 9.17. The van der Waals surface area contributed by atoms with Gasteiger partial charge in [-0.15, -0.1) is 0 Å². The summed E-state index contributed by atoms with van der Waals surface area (Å²) in [4.78, 5) is 16.9. The quantitative estimate of drug-likeness (QED) is 0.707. The Labute approximate surface area is 166 Å². The normalized spacial score (nSPS) is 18.9. The van der Waals surface area contributed by atoms with E-state index in [2.05, 4.69) is 46.4 Å². The van der Waals surface area contributed by atoms with Crippen LogP contribution in [0.5, 0.6) is 0 Å². The van der Waals surface area contributed by atoms with Crippen LogP contribution < -0.4 is 5.32 Å². The molecule has 0 saturated carbocycles. The molecule has 0 radical (unpaired) electrons. The molecule has 1 aliphatic heterocycles. The van der Waals surface area contributed by atoms with Gasteiger partial charge in [0.1, 0.15) is 0 Å². The molecule has 7 nitrogen and oxygen atoms in total. The number of furan rings is 1. The lowest BCUT2D eigenvalue weighted by Gasteiger charge is -2.40. The minimum absolute atomic E-state index is 0.0159. The van der Waals surface area contributed by atoms with Crippen LogP contribution in [0.1, 0.15) is 28.6 Å². The second kappa shape index (κ2) is 8.89. The number of carbonyl (C=O) groups excluding carboxylic acids is 1. The third-order valence-corrected chi connectivity index (χ3v) is 5.91. The molecule has 1 amide bonds. The maximum absolute atomic E-state index is 12.1. The first-order valence-electron chi connectivity index (χ1n) is 9.40. The van der Waals surface area contributed by atoms with Crippen molar-refractivity contribution in [2.45, 2.75) is 17.6 Å². The summed E-state index contributed by atoms with van der Waals surface area (Å²) in [5, 5.41) is 2.61. The third-order valence-electron chi connectivity index (χ3n) is 4.96. The molecule has 1 aromatic carbocycles. The molecule has 1 saturated heterocycles. The zero-order valence-electron chi connectivity index (χ0n) is 16.3. The Morgan fingerprint density at radius 2 is 1.93 bits per heavy atom. The van der Waals surface area contributed by atoms with Crippen molar-refractivity contribution in [1.82, 2.24) is 15.1 Å². The predicted molar refractivity (Wildman–Crippen MR) is 107 cm³/mol. The Morgan fingerprint density at radius 3 is 2.61 bits per heavy atom. The summed E-state index contributed by atoms with van der Waals surface area (Å²) in [7, 11) is -1.31. The van der Waals surface area contributed by atoms with Crippen LogP contribution in [-0.4, -0.2) is 70.2 Å². The molecular formula is C20H27N3O4S. The van der Waals surface area contributed by atoms with Gasteiger partial charge in [-0.2, -0.15) is 0 Å². The van der Waals surface area contributed by atoms with Gasteiger partial charge in [0.05, 0.1) is 0 Å².